The predicted octanol–water partition coefficient (Wildman–Crippen LogP) is 10.7. The van der Waals surface area contributed by atoms with Gasteiger partial charge in [-0.1, -0.05) is 0 Å². The van der Waals surface area contributed by atoms with Gasteiger partial charge < -0.3 is 0 Å². The van der Waals surface area contributed by atoms with Gasteiger partial charge >= 0.3 is 96.8 Å². The normalized spacial score (nSPS) is 18.8. The fraction of sp³-hybridized carbons (Fsp3) is 1.00. The zero-order chi connectivity index (χ0) is 44.8. The number of hydrogen-bond donors (Lipinski definition) is 0. The zero-order valence-electron chi connectivity index (χ0n) is 22.5. The minimum Gasteiger partial charge on any atom is -0.265 e. The molecule has 0 aromatic carbocycles. The minimum atomic E-state index is -10.3. The Labute approximate surface area is 266 Å². The van der Waals surface area contributed by atoms with Crippen LogP contribution in [0.1, 0.15) is 0 Å². The van der Waals surface area contributed by atoms with Crippen molar-refractivity contribution < 1.29 is 168 Å². The number of ether oxygens (including phenoxy) is 4. The van der Waals surface area contributed by atoms with E-state index in [1.165, 1.54) is 0 Å². The number of hydrogen-bond acceptors (Lipinski definition) is 4. The first-order chi connectivity index (χ1) is 22.6. The average molecular weight is 902 g/mol. The summed E-state index contributed by atoms with van der Waals surface area (Å²) in [7, 11) is 0. The summed E-state index contributed by atoms with van der Waals surface area (Å²) in [6, 6.07) is 0. The lowest BCUT2D eigenvalue weighted by Gasteiger charge is -2.48. The summed E-state index contributed by atoms with van der Waals surface area (Å²) in [6.45, 7) is 0. The quantitative estimate of drug-likeness (QED) is 0.154. The van der Waals surface area contributed by atoms with Crippen LogP contribution in [0.3, 0.4) is 0 Å². The van der Waals surface area contributed by atoms with Crippen molar-refractivity contribution in [2.45, 2.75) is 96.8 Å². The molecular weight excluding hydrogens is 902 g/mol. The van der Waals surface area contributed by atoms with Gasteiger partial charge in [-0.15, -0.1) is 0 Å². The fourth-order valence-corrected chi connectivity index (χ4v) is 2.35. The van der Waals surface area contributed by atoms with Crippen LogP contribution in [0.2, 0.25) is 0 Å². The summed E-state index contributed by atoms with van der Waals surface area (Å²) < 4.78 is 453. The second-order valence-corrected chi connectivity index (χ2v) is 8.99. The molecule has 0 aromatic rings. The molecule has 0 heterocycles. The lowest BCUT2D eigenvalue weighted by Crippen LogP contribution is -2.77. The van der Waals surface area contributed by atoms with Gasteiger partial charge in [0.1, 0.15) is 0 Å². The number of rotatable bonds is 15. The summed E-state index contributed by atoms with van der Waals surface area (Å²) in [5.41, 5.74) is 0. The van der Waals surface area contributed by atoms with E-state index in [0.717, 1.165) is 0 Å². The molecule has 38 heteroatoms. The van der Waals surface area contributed by atoms with E-state index < -0.39 is 96.8 Å². The smallest absolute Gasteiger partial charge is 0.265 e. The van der Waals surface area contributed by atoms with E-state index in [2.05, 4.69) is 0 Å². The van der Waals surface area contributed by atoms with Crippen molar-refractivity contribution in [3.8, 4) is 0 Å². The molecule has 0 fully saturated rings. The third kappa shape index (κ3) is 8.00. The van der Waals surface area contributed by atoms with Gasteiger partial charge in [0, 0.05) is 0 Å². The van der Waals surface area contributed by atoms with Gasteiger partial charge in [0.15, 0.2) is 0 Å². The summed E-state index contributed by atoms with van der Waals surface area (Å²) in [6.07, 6.45) is -90.3. The van der Waals surface area contributed by atoms with Crippen molar-refractivity contribution in [2.75, 3.05) is 0 Å². The van der Waals surface area contributed by atoms with Crippen LogP contribution in [-0.4, -0.2) is 96.8 Å². The molecule has 54 heavy (non-hydrogen) atoms. The SMILES string of the molecule is FC(F)(F)C(F)(F)C(F)(F)OC(F)(F)[C@](F)(OC(F)(F)C(F)(F)C(F)(F)F)[C@](F)(OC(F)(F)C(F)(F)C(F)(F)F)C(F)(F)OC(F)(F)C(F)(F)C(F)(F)F. The van der Waals surface area contributed by atoms with Crippen molar-refractivity contribution in [2.24, 2.45) is 0 Å². The van der Waals surface area contributed by atoms with Crippen molar-refractivity contribution in [1.29, 1.82) is 0 Å². The number of halogens is 34. The Kier molecular flexibility index (Phi) is 12.4. The molecule has 4 nitrogen and oxygen atoms in total. The van der Waals surface area contributed by atoms with Crippen LogP contribution in [-0.2, 0) is 18.9 Å². The molecule has 2 atom stereocenters. The highest BCUT2D eigenvalue weighted by atomic mass is 19.5. The molecule has 0 radical (unpaired) electrons. The van der Waals surface area contributed by atoms with Crippen LogP contribution < -0.4 is 0 Å². The highest BCUT2D eigenvalue weighted by Gasteiger charge is 2.94. The van der Waals surface area contributed by atoms with Gasteiger partial charge in [-0.2, -0.15) is 149 Å². The summed E-state index contributed by atoms with van der Waals surface area (Å²) >= 11 is 0. The summed E-state index contributed by atoms with van der Waals surface area (Å²) in [4.78, 5) is 0. The van der Waals surface area contributed by atoms with Gasteiger partial charge in [0.25, 0.3) is 0 Å². The lowest BCUT2D eigenvalue weighted by atomic mass is 10.0. The van der Waals surface area contributed by atoms with Crippen LogP contribution in [0.15, 0.2) is 0 Å². The zero-order valence-corrected chi connectivity index (χ0v) is 22.5. The largest absolute Gasteiger partial charge is 0.462 e. The van der Waals surface area contributed by atoms with Gasteiger partial charge in [0.05, 0.1) is 0 Å². The van der Waals surface area contributed by atoms with E-state index in [1.807, 2.05) is 0 Å². The van der Waals surface area contributed by atoms with Gasteiger partial charge in [-0.3, -0.25) is 9.47 Å². The lowest BCUT2D eigenvalue weighted by molar-refractivity contribution is -0.612. The first kappa shape index (κ1) is 51.5. The third-order valence-corrected chi connectivity index (χ3v) is 5.10. The molecule has 0 aromatic heterocycles. The van der Waals surface area contributed by atoms with Crippen molar-refractivity contribution in [3.05, 3.63) is 0 Å². The topological polar surface area (TPSA) is 36.9 Å². The Balaban J connectivity index is 8.89. The van der Waals surface area contributed by atoms with E-state index >= 15 is 8.78 Å². The highest BCUT2D eigenvalue weighted by Crippen LogP contribution is 2.64. The molecule has 0 unspecified atom stereocenters. The molecule has 0 aliphatic heterocycles. The van der Waals surface area contributed by atoms with Crippen LogP contribution in [0.25, 0.3) is 0 Å². The van der Waals surface area contributed by atoms with Gasteiger partial charge in [-0.05, 0) is 0 Å². The Morgan fingerprint density at radius 1 is 0.167 bits per heavy atom. The Hall–Kier alpha value is -2.54. The molecule has 0 saturated carbocycles. The van der Waals surface area contributed by atoms with E-state index in [1.54, 1.807) is 0 Å². The van der Waals surface area contributed by atoms with E-state index in [0.29, 0.717) is 18.9 Å². The second kappa shape index (κ2) is 13.0. The van der Waals surface area contributed by atoms with Crippen molar-refractivity contribution in [3.63, 3.8) is 0 Å². The average Bonchev–Trinajstić information content (AvgIpc) is 2.83. The van der Waals surface area contributed by atoms with Crippen LogP contribution in [0.4, 0.5) is 149 Å². The number of alkyl halides is 34. The van der Waals surface area contributed by atoms with Crippen molar-refractivity contribution in [1.82, 2.24) is 0 Å². The van der Waals surface area contributed by atoms with E-state index in [9.17, 15) is 140 Å². The molecule has 0 spiro atoms. The van der Waals surface area contributed by atoms with E-state index in [-0.39, 0.29) is 0 Å². The standard InChI is InChI=1S/C16F34O4/c17-1(18,7(27,28)29)11(39,40)51-5(25,15(47,48)53-13(43,44)3(21,22)9(33,34)35)6(26,52-12(41,42)2(19,20)8(30,31)32)16(49,50)54-14(45,46)4(23,24)10(36,37)38/t5-,6+. The van der Waals surface area contributed by atoms with Gasteiger partial charge in [0.2, 0.25) is 0 Å². The molecule has 0 rings (SSSR count). The first-order valence-electron chi connectivity index (χ1n) is 10.8. The summed E-state index contributed by atoms with van der Waals surface area (Å²) in [5.74, 6) is -56.2. The molecule has 0 amide bonds. The van der Waals surface area contributed by atoms with Crippen LogP contribution in [0, 0.1) is 0 Å². The molecule has 326 valence electrons. The minimum absolute atomic E-state index is 0.610. The first-order valence-corrected chi connectivity index (χ1v) is 10.8. The molecule has 0 N–H and O–H groups in total. The predicted molar refractivity (Wildman–Crippen MR) is 85.7 cm³/mol. The fourth-order valence-electron chi connectivity index (χ4n) is 2.35. The maximum absolute atomic E-state index is 15.4. The molecule has 0 aliphatic carbocycles. The maximum atomic E-state index is 15.4. The Bertz CT molecular complexity index is 1220. The summed E-state index contributed by atoms with van der Waals surface area (Å²) in [5, 5.41) is 0. The molecule has 0 aliphatic rings. The highest BCUT2D eigenvalue weighted by molar-refractivity contribution is 5.05. The van der Waals surface area contributed by atoms with Crippen LogP contribution in [0.5, 0.6) is 0 Å². The monoisotopic (exact) mass is 902 g/mol. The maximum Gasteiger partial charge on any atom is 0.462 e. The third-order valence-electron chi connectivity index (χ3n) is 5.10. The second-order valence-electron chi connectivity index (χ2n) is 8.99. The van der Waals surface area contributed by atoms with Crippen LogP contribution >= 0.6 is 0 Å². The Morgan fingerprint density at radius 3 is 0.426 bits per heavy atom. The molecular formula is C16F34O4. The molecule has 0 bridgehead atoms. The van der Waals surface area contributed by atoms with Gasteiger partial charge in [-0.25, -0.2) is 9.47 Å². The molecule has 0 saturated heterocycles. The van der Waals surface area contributed by atoms with Crippen molar-refractivity contribution >= 4 is 0 Å². The Morgan fingerprint density at radius 2 is 0.296 bits per heavy atom. The van der Waals surface area contributed by atoms with E-state index in [4.69, 9.17) is 0 Å².